The topological polar surface area (TPSA) is 0 Å². The molecular weight excluding hydrogens is 204 g/mol. The highest BCUT2D eigenvalue weighted by Gasteiger charge is 2.05. The summed E-state index contributed by atoms with van der Waals surface area (Å²) in [7, 11) is 0. The van der Waals surface area contributed by atoms with Gasteiger partial charge in [0.2, 0.25) is 0 Å². The maximum Gasteiger partial charge on any atom is -0.0178 e. The summed E-state index contributed by atoms with van der Waals surface area (Å²) in [6.07, 6.45) is 2.11. The molecule has 0 nitrogen and oxygen atoms in total. The van der Waals surface area contributed by atoms with E-state index < -0.39 is 0 Å². The second kappa shape index (κ2) is 8.81. The van der Waals surface area contributed by atoms with Gasteiger partial charge >= 0.3 is 0 Å². The Bertz CT molecular complexity index is 339. The molecule has 0 heterocycles. The van der Waals surface area contributed by atoms with Crippen molar-refractivity contribution >= 4 is 0 Å². The van der Waals surface area contributed by atoms with Gasteiger partial charge in [-0.25, -0.2) is 0 Å². The van der Waals surface area contributed by atoms with Crippen molar-refractivity contribution in [2.24, 2.45) is 0 Å². The lowest BCUT2D eigenvalue weighted by molar-refractivity contribution is 1.22. The van der Waals surface area contributed by atoms with Crippen LogP contribution in [0.4, 0.5) is 0 Å². The predicted molar refractivity (Wildman–Crippen MR) is 82.2 cm³/mol. The lowest BCUT2D eigenvalue weighted by Gasteiger charge is -2.12. The van der Waals surface area contributed by atoms with E-state index in [0.29, 0.717) is 0 Å². The molecule has 0 N–H and O–H groups in total. The Kier molecular flexibility index (Phi) is 9.36. The summed E-state index contributed by atoms with van der Waals surface area (Å²) in [6.45, 7) is 25.8. The average Bonchev–Trinajstić information content (AvgIpc) is 2.14. The second-order valence-corrected chi connectivity index (χ2v) is 4.74. The molecule has 96 valence electrons. The predicted octanol–water partition coefficient (Wildman–Crippen LogP) is 6.00. The highest BCUT2D eigenvalue weighted by Crippen LogP contribution is 2.24. The van der Waals surface area contributed by atoms with Crippen molar-refractivity contribution < 1.29 is 0 Å². The fourth-order valence-electron chi connectivity index (χ4n) is 1.42. The summed E-state index contributed by atoms with van der Waals surface area (Å²) in [5.74, 6) is 0. The van der Waals surface area contributed by atoms with Gasteiger partial charge in [-0.15, -0.1) is 6.58 Å². The molecule has 0 aromatic carbocycles. The zero-order valence-corrected chi connectivity index (χ0v) is 12.7. The Labute approximate surface area is 108 Å². The van der Waals surface area contributed by atoms with Crippen molar-refractivity contribution in [1.29, 1.82) is 0 Å². The van der Waals surface area contributed by atoms with Gasteiger partial charge in [-0.3, -0.25) is 0 Å². The van der Waals surface area contributed by atoms with Gasteiger partial charge in [-0.2, -0.15) is 0 Å². The van der Waals surface area contributed by atoms with Crippen molar-refractivity contribution in [1.82, 2.24) is 0 Å². The molecule has 0 fully saturated rings. The zero-order valence-electron chi connectivity index (χ0n) is 12.7. The van der Waals surface area contributed by atoms with Gasteiger partial charge in [-0.1, -0.05) is 41.5 Å². The molecule has 0 spiro atoms. The van der Waals surface area contributed by atoms with Gasteiger partial charge in [-0.05, 0) is 59.6 Å². The molecule has 0 rings (SSSR count). The summed E-state index contributed by atoms with van der Waals surface area (Å²) in [5, 5.41) is 0. The third-order valence-corrected chi connectivity index (χ3v) is 2.25. The normalized spacial score (nSPS) is 9.94. The van der Waals surface area contributed by atoms with Crippen LogP contribution in [0.15, 0.2) is 59.3 Å². The first-order chi connectivity index (χ1) is 7.64. The van der Waals surface area contributed by atoms with E-state index in [-0.39, 0.29) is 0 Å². The Hall–Kier alpha value is -1.30. The summed E-state index contributed by atoms with van der Waals surface area (Å²) < 4.78 is 0. The molecule has 0 radical (unpaired) electrons. The monoisotopic (exact) mass is 232 g/mol. The average molecular weight is 232 g/mol. The SMILES string of the molecule is C=C(C)C.C=C(C)C(C(=C)C)=C(C)/C(C)=C/C. The van der Waals surface area contributed by atoms with Gasteiger partial charge in [0, 0.05) is 0 Å². The van der Waals surface area contributed by atoms with Crippen molar-refractivity contribution in [2.75, 3.05) is 0 Å². The lowest BCUT2D eigenvalue weighted by Crippen LogP contribution is -1.93. The Morgan fingerprint density at radius 1 is 0.765 bits per heavy atom. The van der Waals surface area contributed by atoms with Crippen LogP contribution in [0.5, 0.6) is 0 Å². The Balaban J connectivity index is 0. The molecule has 0 saturated heterocycles. The second-order valence-electron chi connectivity index (χ2n) is 4.74. The fraction of sp³-hybridized carbons (Fsp3) is 0.412. The Morgan fingerprint density at radius 3 is 1.24 bits per heavy atom. The van der Waals surface area contributed by atoms with Crippen LogP contribution in [-0.2, 0) is 0 Å². The van der Waals surface area contributed by atoms with E-state index in [1.165, 1.54) is 22.3 Å². The van der Waals surface area contributed by atoms with Crippen molar-refractivity contribution in [2.45, 2.75) is 48.5 Å². The standard InChI is InChI=1S/C13H20.C4H8/c1-8-11(6)12(7)13(9(2)3)10(4)5;1-4(2)3/h8H,2,4H2,1,3,5-7H3;1H2,2-3H3/b11-8+;. The highest BCUT2D eigenvalue weighted by atomic mass is 14.1. The molecule has 0 unspecified atom stereocenters. The molecule has 0 aliphatic rings. The summed E-state index contributed by atoms with van der Waals surface area (Å²) in [5.41, 5.74) is 7.12. The molecular formula is C17H28. The fourth-order valence-corrected chi connectivity index (χ4v) is 1.42. The lowest BCUT2D eigenvalue weighted by atomic mass is 9.93. The van der Waals surface area contributed by atoms with Crippen LogP contribution in [0.2, 0.25) is 0 Å². The van der Waals surface area contributed by atoms with Gasteiger partial charge < -0.3 is 0 Å². The van der Waals surface area contributed by atoms with Crippen LogP contribution in [0.1, 0.15) is 48.5 Å². The van der Waals surface area contributed by atoms with E-state index in [9.17, 15) is 0 Å². The van der Waals surface area contributed by atoms with Crippen LogP contribution in [0, 0.1) is 0 Å². The molecule has 0 aromatic rings. The summed E-state index contributed by atoms with van der Waals surface area (Å²) >= 11 is 0. The van der Waals surface area contributed by atoms with Crippen molar-refractivity contribution in [3.8, 4) is 0 Å². The maximum atomic E-state index is 3.97. The van der Waals surface area contributed by atoms with Crippen LogP contribution in [-0.4, -0.2) is 0 Å². The first-order valence-electron chi connectivity index (χ1n) is 5.93. The van der Waals surface area contributed by atoms with Gasteiger partial charge in [0.25, 0.3) is 0 Å². The van der Waals surface area contributed by atoms with E-state index in [0.717, 1.165) is 11.1 Å². The molecule has 0 bridgehead atoms. The largest absolute Gasteiger partial charge is 0.100 e. The molecule has 0 saturated carbocycles. The maximum absolute atomic E-state index is 3.97. The van der Waals surface area contributed by atoms with Crippen molar-refractivity contribution in [3.05, 3.63) is 59.3 Å². The van der Waals surface area contributed by atoms with E-state index in [1.54, 1.807) is 0 Å². The third kappa shape index (κ3) is 8.50. The van der Waals surface area contributed by atoms with Gasteiger partial charge in [0.15, 0.2) is 0 Å². The first kappa shape index (κ1) is 18.1. The number of allylic oxidation sites excluding steroid dienone is 7. The zero-order chi connectivity index (χ0) is 14.2. The molecule has 0 heteroatoms. The number of hydrogen-bond acceptors (Lipinski definition) is 0. The minimum absolute atomic E-state index is 1.09. The van der Waals surface area contributed by atoms with Crippen LogP contribution in [0.3, 0.4) is 0 Å². The van der Waals surface area contributed by atoms with E-state index >= 15 is 0 Å². The highest BCUT2D eigenvalue weighted by molar-refractivity contribution is 5.50. The van der Waals surface area contributed by atoms with E-state index in [2.05, 4.69) is 39.7 Å². The van der Waals surface area contributed by atoms with Gasteiger partial charge in [0.05, 0.1) is 0 Å². The van der Waals surface area contributed by atoms with Crippen molar-refractivity contribution in [3.63, 3.8) is 0 Å². The van der Waals surface area contributed by atoms with Crippen LogP contribution >= 0.6 is 0 Å². The molecule has 0 atom stereocenters. The van der Waals surface area contributed by atoms with Gasteiger partial charge in [0.1, 0.15) is 0 Å². The van der Waals surface area contributed by atoms with Crippen LogP contribution in [0.25, 0.3) is 0 Å². The summed E-state index contributed by atoms with van der Waals surface area (Å²) in [4.78, 5) is 0. The van der Waals surface area contributed by atoms with Crippen LogP contribution < -0.4 is 0 Å². The first-order valence-corrected chi connectivity index (χ1v) is 5.93. The summed E-state index contributed by atoms with van der Waals surface area (Å²) in [6, 6.07) is 0. The number of hydrogen-bond donors (Lipinski definition) is 0. The molecule has 17 heavy (non-hydrogen) atoms. The minimum Gasteiger partial charge on any atom is -0.100 e. The van der Waals surface area contributed by atoms with E-state index in [1.807, 2.05) is 34.6 Å². The molecule has 0 aliphatic carbocycles. The molecule has 0 aliphatic heterocycles. The number of rotatable bonds is 3. The molecule has 0 amide bonds. The van der Waals surface area contributed by atoms with E-state index in [4.69, 9.17) is 0 Å². The Morgan fingerprint density at radius 2 is 1.06 bits per heavy atom. The minimum atomic E-state index is 1.09. The third-order valence-electron chi connectivity index (χ3n) is 2.25. The molecule has 0 aromatic heterocycles. The smallest absolute Gasteiger partial charge is 0.0178 e. The quantitative estimate of drug-likeness (QED) is 0.413.